The highest BCUT2D eigenvalue weighted by atomic mass is 16.1. The van der Waals surface area contributed by atoms with Crippen molar-refractivity contribution in [2.24, 2.45) is 0 Å². The summed E-state index contributed by atoms with van der Waals surface area (Å²) >= 11 is 0. The van der Waals surface area contributed by atoms with Crippen LogP contribution in [0, 0.1) is 11.3 Å². The van der Waals surface area contributed by atoms with E-state index in [2.05, 4.69) is 6.07 Å². The van der Waals surface area contributed by atoms with Crippen LogP contribution in [0.15, 0.2) is 30.3 Å². The van der Waals surface area contributed by atoms with Crippen LogP contribution in [0.2, 0.25) is 0 Å². The second-order valence-corrected chi connectivity index (χ2v) is 3.00. The molecular formula is C11H11NO. The summed E-state index contributed by atoms with van der Waals surface area (Å²) < 4.78 is 0. The fourth-order valence-corrected chi connectivity index (χ4v) is 1.21. The van der Waals surface area contributed by atoms with Gasteiger partial charge in [-0.1, -0.05) is 30.3 Å². The van der Waals surface area contributed by atoms with Gasteiger partial charge < -0.3 is 0 Å². The van der Waals surface area contributed by atoms with Gasteiger partial charge in [0.05, 0.1) is 12.0 Å². The van der Waals surface area contributed by atoms with E-state index in [1.165, 1.54) is 6.92 Å². The molecule has 2 nitrogen and oxygen atoms in total. The lowest BCUT2D eigenvalue weighted by atomic mass is 9.96. The van der Waals surface area contributed by atoms with Gasteiger partial charge in [-0.05, 0) is 12.5 Å². The molecule has 0 saturated heterocycles. The van der Waals surface area contributed by atoms with Gasteiger partial charge in [-0.2, -0.15) is 5.26 Å². The average molecular weight is 173 g/mol. The van der Waals surface area contributed by atoms with Gasteiger partial charge in [0.25, 0.3) is 0 Å². The smallest absolute Gasteiger partial charge is 0.131 e. The van der Waals surface area contributed by atoms with E-state index in [1.54, 1.807) is 0 Å². The molecule has 0 heterocycles. The molecular weight excluding hydrogens is 162 g/mol. The van der Waals surface area contributed by atoms with E-state index in [4.69, 9.17) is 5.26 Å². The van der Waals surface area contributed by atoms with E-state index < -0.39 is 0 Å². The van der Waals surface area contributed by atoms with Crippen LogP contribution >= 0.6 is 0 Å². The van der Waals surface area contributed by atoms with Crippen molar-refractivity contribution in [2.45, 2.75) is 19.3 Å². The van der Waals surface area contributed by atoms with Crippen LogP contribution in [0.3, 0.4) is 0 Å². The molecule has 66 valence electrons. The van der Waals surface area contributed by atoms with Gasteiger partial charge in [-0.25, -0.2) is 0 Å². The van der Waals surface area contributed by atoms with Crippen molar-refractivity contribution in [3.63, 3.8) is 0 Å². The topological polar surface area (TPSA) is 40.9 Å². The highest BCUT2D eigenvalue weighted by Crippen LogP contribution is 2.18. The monoisotopic (exact) mass is 173 g/mol. The summed E-state index contributed by atoms with van der Waals surface area (Å²) in [5.74, 6) is -0.242. The maximum absolute atomic E-state index is 10.8. The molecule has 0 bridgehead atoms. The minimum atomic E-state index is -0.293. The summed E-state index contributed by atoms with van der Waals surface area (Å²) in [6.07, 6.45) is 0.306. The van der Waals surface area contributed by atoms with Crippen LogP contribution in [0.1, 0.15) is 24.8 Å². The number of rotatable bonds is 3. The number of ketones is 1. The Bertz CT molecular complexity index is 324. The normalized spacial score (nSPS) is 11.7. The summed E-state index contributed by atoms with van der Waals surface area (Å²) in [5, 5.41) is 8.83. The second kappa shape index (κ2) is 4.42. The maximum Gasteiger partial charge on any atom is 0.131 e. The average Bonchev–Trinajstić information content (AvgIpc) is 2.15. The van der Waals surface area contributed by atoms with E-state index in [9.17, 15) is 4.79 Å². The zero-order valence-electron chi connectivity index (χ0n) is 7.53. The molecule has 0 radical (unpaired) electrons. The molecule has 0 fully saturated rings. The van der Waals surface area contributed by atoms with Crippen LogP contribution in [0.5, 0.6) is 0 Å². The van der Waals surface area contributed by atoms with Gasteiger partial charge in [-0.15, -0.1) is 0 Å². The van der Waals surface area contributed by atoms with Crippen LogP contribution in [-0.4, -0.2) is 5.78 Å². The van der Waals surface area contributed by atoms with Crippen molar-refractivity contribution in [1.29, 1.82) is 5.26 Å². The SMILES string of the molecule is CC(=O)C[C@H](C#N)c1ccccc1. The van der Waals surface area contributed by atoms with Crippen LogP contribution in [0.4, 0.5) is 0 Å². The fourth-order valence-electron chi connectivity index (χ4n) is 1.21. The van der Waals surface area contributed by atoms with Gasteiger partial charge in [0.1, 0.15) is 5.78 Å². The van der Waals surface area contributed by atoms with Crippen molar-refractivity contribution >= 4 is 5.78 Å². The van der Waals surface area contributed by atoms with Crippen molar-refractivity contribution in [3.05, 3.63) is 35.9 Å². The van der Waals surface area contributed by atoms with Gasteiger partial charge in [-0.3, -0.25) is 4.79 Å². The summed E-state index contributed by atoms with van der Waals surface area (Å²) in [7, 11) is 0. The van der Waals surface area contributed by atoms with Crippen LogP contribution in [-0.2, 0) is 4.79 Å². The first-order chi connectivity index (χ1) is 6.24. The molecule has 0 aromatic heterocycles. The Hall–Kier alpha value is -1.62. The first-order valence-corrected chi connectivity index (χ1v) is 4.18. The molecule has 0 aliphatic carbocycles. The van der Waals surface area contributed by atoms with E-state index in [0.717, 1.165) is 5.56 Å². The number of Topliss-reactive ketones (excluding diaryl/α,β-unsaturated/α-hetero) is 1. The number of carbonyl (C=O) groups excluding carboxylic acids is 1. The zero-order valence-corrected chi connectivity index (χ0v) is 7.53. The standard InChI is InChI=1S/C11H11NO/c1-9(13)7-11(8-12)10-5-3-2-4-6-10/h2-6,11H,7H2,1H3/t11-/m1/s1. The van der Waals surface area contributed by atoms with Gasteiger partial charge in [0, 0.05) is 6.42 Å². The first kappa shape index (κ1) is 9.47. The molecule has 0 amide bonds. The number of carbonyl (C=O) groups is 1. The first-order valence-electron chi connectivity index (χ1n) is 4.18. The highest BCUT2D eigenvalue weighted by molar-refractivity contribution is 5.76. The number of nitriles is 1. The molecule has 1 aromatic carbocycles. The lowest BCUT2D eigenvalue weighted by molar-refractivity contribution is -0.117. The Kier molecular flexibility index (Phi) is 3.22. The Balaban J connectivity index is 2.80. The van der Waals surface area contributed by atoms with E-state index in [-0.39, 0.29) is 11.7 Å². The van der Waals surface area contributed by atoms with Crippen molar-refractivity contribution in [3.8, 4) is 6.07 Å². The summed E-state index contributed by atoms with van der Waals surface area (Å²) in [5.41, 5.74) is 0.917. The van der Waals surface area contributed by atoms with Crippen molar-refractivity contribution in [1.82, 2.24) is 0 Å². The molecule has 13 heavy (non-hydrogen) atoms. The van der Waals surface area contributed by atoms with Gasteiger partial charge in [0.15, 0.2) is 0 Å². The molecule has 0 aliphatic rings. The quantitative estimate of drug-likeness (QED) is 0.703. The van der Waals surface area contributed by atoms with Crippen LogP contribution in [0.25, 0.3) is 0 Å². The Morgan fingerprint density at radius 2 is 2.08 bits per heavy atom. The molecule has 0 N–H and O–H groups in total. The number of hydrogen-bond donors (Lipinski definition) is 0. The number of benzene rings is 1. The molecule has 2 heteroatoms. The Labute approximate surface area is 77.8 Å². The van der Waals surface area contributed by atoms with E-state index in [1.807, 2.05) is 30.3 Å². The lowest BCUT2D eigenvalue weighted by Crippen LogP contribution is -2.01. The highest BCUT2D eigenvalue weighted by Gasteiger charge is 2.11. The summed E-state index contributed by atoms with van der Waals surface area (Å²) in [6.45, 7) is 1.51. The summed E-state index contributed by atoms with van der Waals surface area (Å²) in [6, 6.07) is 11.5. The largest absolute Gasteiger partial charge is 0.300 e. The minimum Gasteiger partial charge on any atom is -0.300 e. The summed E-state index contributed by atoms with van der Waals surface area (Å²) in [4.78, 5) is 10.8. The fraction of sp³-hybridized carbons (Fsp3) is 0.273. The lowest BCUT2D eigenvalue weighted by Gasteiger charge is -2.05. The Morgan fingerprint density at radius 3 is 2.54 bits per heavy atom. The van der Waals surface area contributed by atoms with Crippen LogP contribution < -0.4 is 0 Å². The van der Waals surface area contributed by atoms with E-state index >= 15 is 0 Å². The third kappa shape index (κ3) is 2.72. The molecule has 1 atom stereocenters. The minimum absolute atomic E-state index is 0.0513. The van der Waals surface area contributed by atoms with Crippen molar-refractivity contribution < 1.29 is 4.79 Å². The molecule has 0 saturated carbocycles. The third-order valence-corrected chi connectivity index (χ3v) is 1.85. The number of nitrogens with zero attached hydrogens (tertiary/aromatic N) is 1. The molecule has 1 aromatic rings. The van der Waals surface area contributed by atoms with Gasteiger partial charge >= 0.3 is 0 Å². The molecule has 1 rings (SSSR count). The predicted molar refractivity (Wildman–Crippen MR) is 50.1 cm³/mol. The van der Waals surface area contributed by atoms with Gasteiger partial charge in [0.2, 0.25) is 0 Å². The number of hydrogen-bond acceptors (Lipinski definition) is 2. The maximum atomic E-state index is 10.8. The van der Waals surface area contributed by atoms with E-state index in [0.29, 0.717) is 6.42 Å². The van der Waals surface area contributed by atoms with Crippen molar-refractivity contribution in [2.75, 3.05) is 0 Å². The second-order valence-electron chi connectivity index (χ2n) is 3.00. The molecule has 0 aliphatic heterocycles. The molecule has 0 spiro atoms. The predicted octanol–water partition coefficient (Wildman–Crippen LogP) is 2.27. The third-order valence-electron chi connectivity index (χ3n) is 1.85. The Morgan fingerprint density at radius 1 is 1.46 bits per heavy atom. The molecule has 0 unspecified atom stereocenters. The zero-order chi connectivity index (χ0) is 9.68.